The zero-order chi connectivity index (χ0) is 15.7. The molecule has 1 aliphatic rings. The van der Waals surface area contributed by atoms with E-state index in [-0.39, 0.29) is 17.2 Å². The summed E-state index contributed by atoms with van der Waals surface area (Å²) in [6, 6.07) is 3.38. The van der Waals surface area contributed by atoms with Crippen molar-refractivity contribution in [3.05, 3.63) is 28.3 Å². The van der Waals surface area contributed by atoms with Gasteiger partial charge in [-0.15, -0.1) is 0 Å². The molecule has 1 aromatic rings. The molecule has 0 saturated heterocycles. The third-order valence-electron chi connectivity index (χ3n) is 3.53. The second-order valence-corrected chi connectivity index (χ2v) is 6.76. The molecular weight excluding hydrogens is 300 g/mol. The highest BCUT2D eigenvalue weighted by Gasteiger charge is 2.35. The molecule has 0 aromatic heterocycles. The molecule has 0 atom stereocenters. The number of sulfonamides is 1. The molecular formula is C12H16N2O6S. The van der Waals surface area contributed by atoms with Gasteiger partial charge in [-0.05, 0) is 31.4 Å². The highest BCUT2D eigenvalue weighted by Crippen LogP contribution is 2.32. The van der Waals surface area contributed by atoms with Crippen LogP contribution in [0.1, 0.15) is 19.3 Å². The van der Waals surface area contributed by atoms with E-state index in [9.17, 15) is 23.6 Å². The lowest BCUT2D eigenvalue weighted by molar-refractivity contribution is -0.386. The summed E-state index contributed by atoms with van der Waals surface area (Å²) in [7, 11) is -2.66. The van der Waals surface area contributed by atoms with Crippen LogP contribution in [0.3, 0.4) is 0 Å². The van der Waals surface area contributed by atoms with E-state index in [1.54, 1.807) is 0 Å². The van der Waals surface area contributed by atoms with E-state index in [1.807, 2.05) is 0 Å². The van der Waals surface area contributed by atoms with E-state index in [0.29, 0.717) is 12.8 Å². The molecule has 0 bridgehead atoms. The molecule has 2 rings (SSSR count). The Morgan fingerprint density at radius 3 is 2.62 bits per heavy atom. The predicted molar refractivity (Wildman–Crippen MR) is 73.6 cm³/mol. The maximum absolute atomic E-state index is 12.1. The van der Waals surface area contributed by atoms with Crippen molar-refractivity contribution in [1.29, 1.82) is 0 Å². The number of nitrogens with zero attached hydrogens (tertiary/aromatic N) is 1. The van der Waals surface area contributed by atoms with Crippen molar-refractivity contribution in [1.82, 2.24) is 4.72 Å². The molecule has 8 nitrogen and oxygen atoms in total. The molecule has 1 aliphatic carbocycles. The Kier molecular flexibility index (Phi) is 4.17. The molecule has 2 N–H and O–H groups in total. The Bertz CT molecular complexity index is 654. The normalized spacial score (nSPS) is 17.0. The van der Waals surface area contributed by atoms with Gasteiger partial charge in [0.15, 0.2) is 5.75 Å². The lowest BCUT2D eigenvalue weighted by Crippen LogP contribution is -2.47. The highest BCUT2D eigenvalue weighted by atomic mass is 32.2. The van der Waals surface area contributed by atoms with Crippen LogP contribution in [0.25, 0.3) is 0 Å². The molecule has 21 heavy (non-hydrogen) atoms. The Morgan fingerprint density at radius 1 is 1.48 bits per heavy atom. The fraction of sp³-hybridized carbons (Fsp3) is 0.500. The fourth-order valence-corrected chi connectivity index (χ4v) is 3.19. The molecule has 9 heteroatoms. The van der Waals surface area contributed by atoms with Crippen molar-refractivity contribution < 1.29 is 23.2 Å². The second kappa shape index (κ2) is 5.58. The minimum Gasteiger partial charge on any atom is -0.490 e. The van der Waals surface area contributed by atoms with Crippen molar-refractivity contribution in [3.8, 4) is 5.75 Å². The van der Waals surface area contributed by atoms with Crippen LogP contribution >= 0.6 is 0 Å². The maximum atomic E-state index is 12.1. The molecule has 116 valence electrons. The second-order valence-electron chi connectivity index (χ2n) is 4.99. The van der Waals surface area contributed by atoms with Gasteiger partial charge in [0.05, 0.1) is 22.5 Å². The molecule has 1 aromatic carbocycles. The van der Waals surface area contributed by atoms with Crippen LogP contribution in [0.2, 0.25) is 0 Å². The Labute approximate surface area is 121 Å². The number of nitrogens with one attached hydrogen (secondary N) is 1. The van der Waals surface area contributed by atoms with E-state index in [0.717, 1.165) is 12.5 Å². The van der Waals surface area contributed by atoms with Gasteiger partial charge in [-0.1, -0.05) is 0 Å². The zero-order valence-corrected chi connectivity index (χ0v) is 12.2. The lowest BCUT2D eigenvalue weighted by atomic mass is 9.81. The Morgan fingerprint density at radius 2 is 2.14 bits per heavy atom. The van der Waals surface area contributed by atoms with Gasteiger partial charge in [0.2, 0.25) is 10.0 Å². The highest BCUT2D eigenvalue weighted by molar-refractivity contribution is 7.89. The summed E-state index contributed by atoms with van der Waals surface area (Å²) in [6.45, 7) is -0.102. The number of benzene rings is 1. The molecule has 0 aliphatic heterocycles. The van der Waals surface area contributed by atoms with Gasteiger partial charge in [-0.25, -0.2) is 13.1 Å². The maximum Gasteiger partial charge on any atom is 0.312 e. The number of methoxy groups -OCH3 is 1. The smallest absolute Gasteiger partial charge is 0.312 e. The first-order valence-electron chi connectivity index (χ1n) is 6.32. The summed E-state index contributed by atoms with van der Waals surface area (Å²) in [5.41, 5.74) is -1.44. The van der Waals surface area contributed by atoms with Crippen LogP contribution < -0.4 is 9.46 Å². The summed E-state index contributed by atoms with van der Waals surface area (Å²) < 4.78 is 31.3. The van der Waals surface area contributed by atoms with Gasteiger partial charge >= 0.3 is 5.69 Å². The number of hydrogen-bond donors (Lipinski definition) is 2. The first-order valence-corrected chi connectivity index (χ1v) is 7.80. The minimum absolute atomic E-state index is 0.0171. The van der Waals surface area contributed by atoms with Gasteiger partial charge in [0.25, 0.3) is 0 Å². The summed E-state index contributed by atoms with van der Waals surface area (Å²) in [5.74, 6) is -0.0171. The summed E-state index contributed by atoms with van der Waals surface area (Å²) in [4.78, 5) is 9.95. The number of nitro benzene ring substituents is 1. The van der Waals surface area contributed by atoms with Crippen molar-refractivity contribution >= 4 is 15.7 Å². The molecule has 0 heterocycles. The Hall–Kier alpha value is -1.71. The van der Waals surface area contributed by atoms with Crippen molar-refractivity contribution in [2.45, 2.75) is 29.8 Å². The van der Waals surface area contributed by atoms with Crippen LogP contribution in [-0.4, -0.2) is 37.7 Å². The van der Waals surface area contributed by atoms with Gasteiger partial charge < -0.3 is 9.84 Å². The van der Waals surface area contributed by atoms with E-state index in [1.165, 1.54) is 19.2 Å². The molecule has 0 amide bonds. The quantitative estimate of drug-likeness (QED) is 0.592. The third-order valence-corrected chi connectivity index (χ3v) is 4.93. The van der Waals surface area contributed by atoms with Crippen LogP contribution in [0, 0.1) is 10.1 Å². The van der Waals surface area contributed by atoms with Gasteiger partial charge in [0.1, 0.15) is 0 Å². The van der Waals surface area contributed by atoms with Crippen LogP contribution in [0.15, 0.2) is 23.1 Å². The molecule has 0 unspecified atom stereocenters. The Balaban J connectivity index is 2.23. The topological polar surface area (TPSA) is 119 Å². The van der Waals surface area contributed by atoms with E-state index < -0.39 is 26.2 Å². The van der Waals surface area contributed by atoms with Crippen molar-refractivity contribution in [2.75, 3.05) is 13.7 Å². The monoisotopic (exact) mass is 316 g/mol. The molecule has 1 fully saturated rings. The molecule has 0 radical (unpaired) electrons. The van der Waals surface area contributed by atoms with Gasteiger partial charge in [-0.2, -0.15) is 0 Å². The van der Waals surface area contributed by atoms with Gasteiger partial charge in [0, 0.05) is 12.6 Å². The average Bonchev–Trinajstić information content (AvgIpc) is 2.42. The van der Waals surface area contributed by atoms with Crippen LogP contribution in [0.4, 0.5) is 5.69 Å². The SMILES string of the molecule is COc1ccc(S(=O)(=O)NCC2(O)CCC2)cc1[N+](=O)[O-]. The number of hydrogen-bond acceptors (Lipinski definition) is 6. The third kappa shape index (κ3) is 3.31. The molecule has 0 spiro atoms. The minimum atomic E-state index is -3.92. The predicted octanol–water partition coefficient (Wildman–Crippen LogP) is 0.797. The van der Waals surface area contributed by atoms with E-state index in [2.05, 4.69) is 4.72 Å². The van der Waals surface area contributed by atoms with Gasteiger partial charge in [-0.3, -0.25) is 10.1 Å². The molecule has 1 saturated carbocycles. The number of aliphatic hydroxyl groups is 1. The lowest BCUT2D eigenvalue weighted by Gasteiger charge is -2.36. The largest absolute Gasteiger partial charge is 0.490 e. The van der Waals surface area contributed by atoms with Crippen molar-refractivity contribution in [3.63, 3.8) is 0 Å². The first-order chi connectivity index (χ1) is 9.77. The average molecular weight is 316 g/mol. The van der Waals surface area contributed by atoms with E-state index in [4.69, 9.17) is 4.74 Å². The summed E-state index contributed by atoms with van der Waals surface area (Å²) in [6.07, 6.45) is 1.93. The number of ether oxygens (including phenoxy) is 1. The van der Waals surface area contributed by atoms with Crippen LogP contribution in [-0.2, 0) is 10.0 Å². The van der Waals surface area contributed by atoms with Crippen molar-refractivity contribution in [2.24, 2.45) is 0 Å². The standard InChI is InChI=1S/C12H16N2O6S/c1-20-11-4-3-9(7-10(11)14(16)17)21(18,19)13-8-12(15)5-2-6-12/h3-4,7,13,15H,2,5-6,8H2,1H3. The zero-order valence-electron chi connectivity index (χ0n) is 11.4. The summed E-state index contributed by atoms with van der Waals surface area (Å²) >= 11 is 0. The summed E-state index contributed by atoms with van der Waals surface area (Å²) in [5, 5.41) is 20.8. The number of nitro groups is 1. The fourth-order valence-electron chi connectivity index (χ4n) is 2.05. The number of rotatable bonds is 6. The van der Waals surface area contributed by atoms with E-state index >= 15 is 0 Å². The first kappa shape index (κ1) is 15.7. The van der Waals surface area contributed by atoms with Crippen LogP contribution in [0.5, 0.6) is 5.75 Å².